The molecule has 2 nitrogen and oxygen atoms in total. The molecule has 1 aliphatic carbocycles. The third-order valence-corrected chi connectivity index (χ3v) is 6.86. The summed E-state index contributed by atoms with van der Waals surface area (Å²) in [6.45, 7) is 0. The highest BCUT2D eigenvalue weighted by atomic mass is 15.0. The van der Waals surface area contributed by atoms with Crippen LogP contribution in [0.5, 0.6) is 0 Å². The second kappa shape index (κ2) is 6.73. The molecule has 4 aromatic carbocycles. The lowest BCUT2D eigenvalue weighted by Crippen LogP contribution is -2.05. The second-order valence-corrected chi connectivity index (χ2v) is 8.65. The first-order chi connectivity index (χ1) is 15.9. The maximum atomic E-state index is 3.55. The van der Waals surface area contributed by atoms with Crippen LogP contribution in [0.4, 0.5) is 0 Å². The van der Waals surface area contributed by atoms with Gasteiger partial charge in [-0.3, -0.25) is 0 Å². The van der Waals surface area contributed by atoms with Gasteiger partial charge in [0, 0.05) is 44.1 Å². The van der Waals surface area contributed by atoms with Gasteiger partial charge in [-0.25, -0.2) is 0 Å². The molecular formula is C30H22N2. The quantitative estimate of drug-likeness (QED) is 0.301. The molecule has 0 atom stereocenters. The summed E-state index contributed by atoms with van der Waals surface area (Å²) in [5.41, 5.74) is 10.4. The van der Waals surface area contributed by atoms with Gasteiger partial charge in [0.2, 0.25) is 0 Å². The van der Waals surface area contributed by atoms with Crippen molar-refractivity contribution in [1.82, 2.24) is 9.55 Å². The number of benzene rings is 4. The van der Waals surface area contributed by atoms with Crippen molar-refractivity contribution in [2.45, 2.75) is 12.8 Å². The number of fused-ring (bicyclic) bond motifs is 6. The van der Waals surface area contributed by atoms with E-state index in [9.17, 15) is 0 Å². The van der Waals surface area contributed by atoms with Crippen LogP contribution in [0, 0.1) is 0 Å². The number of H-pyrrole nitrogens is 1. The zero-order valence-electron chi connectivity index (χ0n) is 17.7. The van der Waals surface area contributed by atoms with Gasteiger partial charge in [-0.2, -0.15) is 0 Å². The van der Waals surface area contributed by atoms with Crippen molar-refractivity contribution in [2.24, 2.45) is 0 Å². The van der Waals surface area contributed by atoms with Crippen LogP contribution in [0.15, 0.2) is 97.1 Å². The van der Waals surface area contributed by atoms with Gasteiger partial charge >= 0.3 is 0 Å². The van der Waals surface area contributed by atoms with E-state index >= 15 is 0 Å². The SMILES string of the molecule is C1=C(c2ccc3[nH]c4ccccc4c3c2)CCc2c1c1ccccc1n2-c1ccccc1. The van der Waals surface area contributed by atoms with Crippen molar-refractivity contribution in [2.75, 3.05) is 0 Å². The summed E-state index contributed by atoms with van der Waals surface area (Å²) in [7, 11) is 0. The zero-order chi connectivity index (χ0) is 21.1. The standard InChI is InChI=1S/C30H22N2/c1-2-8-22(9-3-1)32-29-13-7-5-11-24(29)26-19-21(15-17-30(26)32)20-14-16-28-25(18-20)23-10-4-6-12-27(23)31-28/h1-14,16,18-19,31H,15,17H2. The molecule has 0 saturated heterocycles. The minimum atomic E-state index is 1.04. The number of hydrogen-bond acceptors (Lipinski definition) is 0. The molecule has 2 heterocycles. The van der Waals surface area contributed by atoms with E-state index in [-0.39, 0.29) is 0 Å². The van der Waals surface area contributed by atoms with Crippen LogP contribution < -0.4 is 0 Å². The number of para-hydroxylation sites is 3. The van der Waals surface area contributed by atoms with Crippen molar-refractivity contribution >= 4 is 44.4 Å². The highest BCUT2D eigenvalue weighted by Gasteiger charge is 2.21. The smallest absolute Gasteiger partial charge is 0.0537 e. The third kappa shape index (κ3) is 2.53. The lowest BCUT2D eigenvalue weighted by atomic mass is 9.90. The molecule has 2 aromatic heterocycles. The predicted molar refractivity (Wildman–Crippen MR) is 135 cm³/mol. The number of aromatic amines is 1. The van der Waals surface area contributed by atoms with E-state index in [0.717, 1.165) is 12.8 Å². The molecule has 152 valence electrons. The molecule has 0 fully saturated rings. The Morgan fingerprint density at radius 2 is 1.38 bits per heavy atom. The predicted octanol–water partition coefficient (Wildman–Crippen LogP) is 7.75. The summed E-state index contributed by atoms with van der Waals surface area (Å²) in [6.07, 6.45) is 4.51. The Balaban J connectivity index is 1.43. The van der Waals surface area contributed by atoms with E-state index in [1.165, 1.54) is 60.8 Å². The van der Waals surface area contributed by atoms with E-state index < -0.39 is 0 Å². The molecule has 0 bridgehead atoms. The minimum Gasteiger partial charge on any atom is -0.355 e. The monoisotopic (exact) mass is 410 g/mol. The molecule has 0 amide bonds. The molecule has 0 saturated carbocycles. The van der Waals surface area contributed by atoms with Gasteiger partial charge in [0.05, 0.1) is 5.52 Å². The molecule has 32 heavy (non-hydrogen) atoms. The Morgan fingerprint density at radius 3 is 2.28 bits per heavy atom. The van der Waals surface area contributed by atoms with Gasteiger partial charge in [-0.05, 0) is 66.5 Å². The Morgan fingerprint density at radius 1 is 0.625 bits per heavy atom. The van der Waals surface area contributed by atoms with E-state index in [4.69, 9.17) is 0 Å². The maximum Gasteiger partial charge on any atom is 0.0537 e. The summed E-state index contributed by atoms with van der Waals surface area (Å²) in [4.78, 5) is 3.55. The molecule has 2 heteroatoms. The fourth-order valence-electron chi connectivity index (χ4n) is 5.37. The van der Waals surface area contributed by atoms with Crippen molar-refractivity contribution in [1.29, 1.82) is 0 Å². The van der Waals surface area contributed by atoms with Gasteiger partial charge in [0.15, 0.2) is 0 Å². The molecule has 0 radical (unpaired) electrons. The summed E-state index contributed by atoms with van der Waals surface area (Å²) in [5.74, 6) is 0. The Bertz CT molecular complexity index is 1660. The third-order valence-electron chi connectivity index (χ3n) is 6.86. The lowest BCUT2D eigenvalue weighted by Gasteiger charge is -2.18. The Labute approximate surface area is 186 Å². The number of aromatic nitrogens is 2. The van der Waals surface area contributed by atoms with E-state index in [1.54, 1.807) is 0 Å². The van der Waals surface area contributed by atoms with Gasteiger partial charge in [0.1, 0.15) is 0 Å². The first-order valence-corrected chi connectivity index (χ1v) is 11.3. The average Bonchev–Trinajstić information content (AvgIpc) is 3.39. The fourth-order valence-corrected chi connectivity index (χ4v) is 5.37. The van der Waals surface area contributed by atoms with Crippen molar-refractivity contribution in [3.05, 3.63) is 114 Å². The first kappa shape index (κ1) is 17.6. The highest BCUT2D eigenvalue weighted by molar-refractivity contribution is 6.08. The first-order valence-electron chi connectivity index (χ1n) is 11.3. The number of nitrogens with zero attached hydrogens (tertiary/aromatic N) is 1. The fraction of sp³-hybridized carbons (Fsp3) is 0.0667. The van der Waals surface area contributed by atoms with Crippen molar-refractivity contribution < 1.29 is 0 Å². The van der Waals surface area contributed by atoms with E-state index in [2.05, 4.69) is 113 Å². The molecule has 1 aliphatic rings. The molecule has 6 aromatic rings. The van der Waals surface area contributed by atoms with E-state index in [0.29, 0.717) is 0 Å². The molecule has 7 rings (SSSR count). The zero-order valence-corrected chi connectivity index (χ0v) is 17.7. The average molecular weight is 411 g/mol. The maximum absolute atomic E-state index is 3.55. The van der Waals surface area contributed by atoms with Crippen LogP contribution in [0.1, 0.15) is 23.2 Å². The van der Waals surface area contributed by atoms with Crippen LogP contribution in [-0.2, 0) is 6.42 Å². The molecule has 0 unspecified atom stereocenters. The summed E-state index contributed by atoms with van der Waals surface area (Å²) in [6, 6.07) is 35.0. The number of nitrogens with one attached hydrogen (secondary N) is 1. The molecule has 1 N–H and O–H groups in total. The number of hydrogen-bond donors (Lipinski definition) is 1. The topological polar surface area (TPSA) is 20.7 Å². The molecular weight excluding hydrogens is 388 g/mol. The van der Waals surface area contributed by atoms with Gasteiger partial charge < -0.3 is 9.55 Å². The number of rotatable bonds is 2. The van der Waals surface area contributed by atoms with Crippen LogP contribution in [0.25, 0.3) is 50.0 Å². The minimum absolute atomic E-state index is 1.04. The van der Waals surface area contributed by atoms with Crippen LogP contribution in [0.3, 0.4) is 0 Å². The molecule has 0 spiro atoms. The summed E-state index contributed by atoms with van der Waals surface area (Å²) in [5, 5.41) is 3.93. The highest BCUT2D eigenvalue weighted by Crippen LogP contribution is 2.39. The van der Waals surface area contributed by atoms with Crippen LogP contribution >= 0.6 is 0 Å². The van der Waals surface area contributed by atoms with Crippen molar-refractivity contribution in [3.8, 4) is 5.69 Å². The largest absolute Gasteiger partial charge is 0.355 e. The Kier molecular flexibility index (Phi) is 3.71. The van der Waals surface area contributed by atoms with Crippen molar-refractivity contribution in [3.63, 3.8) is 0 Å². The second-order valence-electron chi connectivity index (χ2n) is 8.65. The normalized spacial score (nSPS) is 13.6. The lowest BCUT2D eigenvalue weighted by molar-refractivity contribution is 0.898. The van der Waals surface area contributed by atoms with Crippen LogP contribution in [-0.4, -0.2) is 9.55 Å². The number of allylic oxidation sites excluding steroid dienone is 1. The van der Waals surface area contributed by atoms with E-state index in [1.807, 2.05) is 0 Å². The van der Waals surface area contributed by atoms with Gasteiger partial charge in [-0.1, -0.05) is 60.7 Å². The summed E-state index contributed by atoms with van der Waals surface area (Å²) >= 11 is 0. The van der Waals surface area contributed by atoms with Gasteiger partial charge in [0.25, 0.3) is 0 Å². The van der Waals surface area contributed by atoms with Crippen LogP contribution in [0.2, 0.25) is 0 Å². The Hall–Kier alpha value is -4.04. The van der Waals surface area contributed by atoms with Gasteiger partial charge in [-0.15, -0.1) is 0 Å². The summed E-state index contributed by atoms with van der Waals surface area (Å²) < 4.78 is 2.45. The molecule has 0 aliphatic heterocycles.